The number of nitrogens with one attached hydrogen (secondary N) is 2. The molecular weight excluding hydrogens is 268 g/mol. The van der Waals surface area contributed by atoms with Crippen LogP contribution in [0.15, 0.2) is 24.3 Å². The fourth-order valence-corrected chi connectivity index (χ4v) is 3.39. The SMILES string of the molecule is O=C(CC1CNc2ccccc21)N[C@H]1CC[C@@H](C(=O)O)C1. The van der Waals surface area contributed by atoms with E-state index in [1.165, 1.54) is 5.56 Å². The fourth-order valence-electron chi connectivity index (χ4n) is 3.39. The summed E-state index contributed by atoms with van der Waals surface area (Å²) in [5.74, 6) is -0.822. The van der Waals surface area contributed by atoms with Gasteiger partial charge in [-0.1, -0.05) is 18.2 Å². The number of amides is 1. The van der Waals surface area contributed by atoms with Crippen molar-refractivity contribution in [2.75, 3.05) is 11.9 Å². The highest BCUT2D eigenvalue weighted by Gasteiger charge is 2.31. The zero-order valence-electron chi connectivity index (χ0n) is 11.8. The van der Waals surface area contributed by atoms with E-state index in [1.54, 1.807) is 0 Å². The molecule has 0 bridgehead atoms. The Kier molecular flexibility index (Phi) is 3.82. The van der Waals surface area contributed by atoms with E-state index >= 15 is 0 Å². The van der Waals surface area contributed by atoms with E-state index in [0.717, 1.165) is 18.7 Å². The fraction of sp³-hybridized carbons (Fsp3) is 0.500. The molecule has 1 heterocycles. The molecule has 1 aromatic carbocycles. The highest BCUT2D eigenvalue weighted by molar-refractivity contribution is 5.78. The Labute approximate surface area is 123 Å². The van der Waals surface area contributed by atoms with Gasteiger partial charge in [0.15, 0.2) is 0 Å². The summed E-state index contributed by atoms with van der Waals surface area (Å²) >= 11 is 0. The van der Waals surface area contributed by atoms with E-state index in [0.29, 0.717) is 19.3 Å². The van der Waals surface area contributed by atoms with Crippen LogP contribution >= 0.6 is 0 Å². The first-order chi connectivity index (χ1) is 10.1. The molecule has 0 saturated heterocycles. The molecule has 0 spiro atoms. The number of carbonyl (C=O) groups excluding carboxylic acids is 1. The van der Waals surface area contributed by atoms with Gasteiger partial charge in [-0.05, 0) is 30.9 Å². The summed E-state index contributed by atoms with van der Waals surface area (Å²) in [4.78, 5) is 23.1. The van der Waals surface area contributed by atoms with Gasteiger partial charge in [-0.2, -0.15) is 0 Å². The Morgan fingerprint density at radius 2 is 2.10 bits per heavy atom. The number of anilines is 1. The Balaban J connectivity index is 1.53. The summed E-state index contributed by atoms with van der Waals surface area (Å²) in [5, 5.41) is 15.3. The van der Waals surface area contributed by atoms with Gasteiger partial charge in [-0.25, -0.2) is 0 Å². The number of hydrogen-bond acceptors (Lipinski definition) is 3. The van der Waals surface area contributed by atoms with E-state index < -0.39 is 5.97 Å². The topological polar surface area (TPSA) is 78.4 Å². The van der Waals surface area contributed by atoms with Gasteiger partial charge >= 0.3 is 5.97 Å². The number of hydrogen-bond donors (Lipinski definition) is 3. The molecule has 1 aliphatic heterocycles. The van der Waals surface area contributed by atoms with Crippen molar-refractivity contribution in [1.82, 2.24) is 5.32 Å². The van der Waals surface area contributed by atoms with E-state index in [2.05, 4.69) is 16.7 Å². The third-order valence-electron chi connectivity index (χ3n) is 4.52. The van der Waals surface area contributed by atoms with E-state index in [9.17, 15) is 9.59 Å². The first-order valence-corrected chi connectivity index (χ1v) is 7.48. The van der Waals surface area contributed by atoms with Gasteiger partial charge in [-0.3, -0.25) is 9.59 Å². The Hall–Kier alpha value is -2.04. The number of benzene rings is 1. The first-order valence-electron chi connectivity index (χ1n) is 7.48. The maximum atomic E-state index is 12.2. The quantitative estimate of drug-likeness (QED) is 0.791. The van der Waals surface area contributed by atoms with Crippen LogP contribution in [0.5, 0.6) is 0 Å². The van der Waals surface area contributed by atoms with Crippen LogP contribution in [0.2, 0.25) is 0 Å². The smallest absolute Gasteiger partial charge is 0.306 e. The minimum atomic E-state index is -0.749. The molecule has 3 rings (SSSR count). The van der Waals surface area contributed by atoms with Crippen LogP contribution in [0.3, 0.4) is 0 Å². The lowest BCUT2D eigenvalue weighted by molar-refractivity contribution is -0.141. The third kappa shape index (κ3) is 3.01. The van der Waals surface area contributed by atoms with Crippen LogP contribution < -0.4 is 10.6 Å². The van der Waals surface area contributed by atoms with Crippen molar-refractivity contribution in [2.45, 2.75) is 37.6 Å². The van der Waals surface area contributed by atoms with Crippen LogP contribution in [-0.4, -0.2) is 29.6 Å². The Bertz CT molecular complexity index is 558. The molecule has 1 aromatic rings. The number of para-hydroxylation sites is 1. The van der Waals surface area contributed by atoms with Gasteiger partial charge in [0, 0.05) is 30.6 Å². The number of carboxylic acid groups (broad SMARTS) is 1. The molecule has 5 nitrogen and oxygen atoms in total. The number of aliphatic carboxylic acids is 1. The van der Waals surface area contributed by atoms with Crippen molar-refractivity contribution < 1.29 is 14.7 Å². The monoisotopic (exact) mass is 288 g/mol. The summed E-state index contributed by atoms with van der Waals surface area (Å²) in [6.07, 6.45) is 2.44. The average molecular weight is 288 g/mol. The minimum Gasteiger partial charge on any atom is -0.481 e. The van der Waals surface area contributed by atoms with Crippen LogP contribution in [0.1, 0.15) is 37.2 Å². The summed E-state index contributed by atoms with van der Waals surface area (Å²) in [7, 11) is 0. The molecule has 0 aromatic heterocycles. The summed E-state index contributed by atoms with van der Waals surface area (Å²) < 4.78 is 0. The van der Waals surface area contributed by atoms with Crippen molar-refractivity contribution >= 4 is 17.6 Å². The molecule has 3 N–H and O–H groups in total. The van der Waals surface area contributed by atoms with Crippen LogP contribution in [-0.2, 0) is 9.59 Å². The summed E-state index contributed by atoms with van der Waals surface area (Å²) in [6.45, 7) is 0.787. The second-order valence-electron chi connectivity index (χ2n) is 5.98. The molecule has 1 amide bonds. The largest absolute Gasteiger partial charge is 0.481 e. The van der Waals surface area contributed by atoms with Gasteiger partial charge in [0.2, 0.25) is 5.91 Å². The maximum Gasteiger partial charge on any atom is 0.306 e. The normalized spacial score (nSPS) is 27.0. The second-order valence-corrected chi connectivity index (χ2v) is 5.98. The lowest BCUT2D eigenvalue weighted by Crippen LogP contribution is -2.34. The number of carbonyl (C=O) groups is 2. The Morgan fingerprint density at radius 3 is 2.86 bits per heavy atom. The highest BCUT2D eigenvalue weighted by Crippen LogP contribution is 2.33. The van der Waals surface area contributed by atoms with Gasteiger partial charge < -0.3 is 15.7 Å². The molecule has 3 atom stereocenters. The van der Waals surface area contributed by atoms with Crippen molar-refractivity contribution in [3.8, 4) is 0 Å². The molecule has 2 aliphatic rings. The van der Waals surface area contributed by atoms with Gasteiger partial charge in [0.05, 0.1) is 5.92 Å². The number of carboxylic acids is 1. The zero-order chi connectivity index (χ0) is 14.8. The number of rotatable bonds is 4. The summed E-state index contributed by atoms with van der Waals surface area (Å²) in [6, 6.07) is 8.08. The molecule has 21 heavy (non-hydrogen) atoms. The first kappa shape index (κ1) is 13.9. The molecule has 5 heteroatoms. The van der Waals surface area contributed by atoms with Gasteiger partial charge in [-0.15, -0.1) is 0 Å². The summed E-state index contributed by atoms with van der Waals surface area (Å²) in [5.41, 5.74) is 2.31. The average Bonchev–Trinajstić information content (AvgIpc) is 3.07. The molecule has 1 aliphatic carbocycles. The molecule has 1 fully saturated rings. The van der Waals surface area contributed by atoms with Crippen molar-refractivity contribution in [1.29, 1.82) is 0 Å². The number of fused-ring (bicyclic) bond motifs is 1. The third-order valence-corrected chi connectivity index (χ3v) is 4.52. The zero-order valence-corrected chi connectivity index (χ0v) is 11.8. The standard InChI is InChI=1S/C16H20N2O3/c19-15(18-12-6-5-10(7-12)16(20)21)8-11-9-17-14-4-2-1-3-13(11)14/h1-4,10-12,17H,5-9H2,(H,18,19)(H,20,21)/t10-,11?,12+/m1/s1. The van der Waals surface area contributed by atoms with Gasteiger partial charge in [0.1, 0.15) is 0 Å². The van der Waals surface area contributed by atoms with Crippen molar-refractivity contribution in [3.05, 3.63) is 29.8 Å². The van der Waals surface area contributed by atoms with Crippen molar-refractivity contribution in [2.24, 2.45) is 5.92 Å². The Morgan fingerprint density at radius 1 is 1.29 bits per heavy atom. The molecule has 1 saturated carbocycles. The predicted octanol–water partition coefficient (Wildman–Crippen LogP) is 1.96. The van der Waals surface area contributed by atoms with Crippen LogP contribution in [0.25, 0.3) is 0 Å². The molecule has 0 radical (unpaired) electrons. The highest BCUT2D eigenvalue weighted by atomic mass is 16.4. The van der Waals surface area contributed by atoms with Gasteiger partial charge in [0.25, 0.3) is 0 Å². The molecule has 112 valence electrons. The lowest BCUT2D eigenvalue weighted by atomic mass is 9.97. The van der Waals surface area contributed by atoms with Crippen molar-refractivity contribution in [3.63, 3.8) is 0 Å². The lowest BCUT2D eigenvalue weighted by Gasteiger charge is -2.15. The van der Waals surface area contributed by atoms with Crippen LogP contribution in [0.4, 0.5) is 5.69 Å². The van der Waals surface area contributed by atoms with E-state index in [-0.39, 0.29) is 23.8 Å². The predicted molar refractivity (Wildman–Crippen MR) is 79.2 cm³/mol. The maximum absolute atomic E-state index is 12.2. The second kappa shape index (κ2) is 5.76. The molecular formula is C16H20N2O3. The minimum absolute atomic E-state index is 0.0169. The van der Waals surface area contributed by atoms with Crippen LogP contribution in [0, 0.1) is 5.92 Å². The molecule has 1 unspecified atom stereocenters. The van der Waals surface area contributed by atoms with E-state index in [1.807, 2.05) is 18.2 Å². The van der Waals surface area contributed by atoms with E-state index in [4.69, 9.17) is 5.11 Å².